The van der Waals surface area contributed by atoms with Gasteiger partial charge in [-0.15, -0.1) is 12.8 Å². The lowest BCUT2D eigenvalue weighted by Gasteiger charge is -2.27. The molecule has 0 spiro atoms. The second-order valence-corrected chi connectivity index (χ2v) is 13.2. The molecule has 18 heteroatoms. The Hall–Kier alpha value is -6.82. The van der Waals surface area contributed by atoms with Crippen molar-refractivity contribution in [2.75, 3.05) is 25.0 Å². The number of anilines is 1. The number of nitrogens with two attached hydrogens (primary N) is 1. The van der Waals surface area contributed by atoms with E-state index < -0.39 is 71.1 Å². The van der Waals surface area contributed by atoms with Gasteiger partial charge in [0.1, 0.15) is 30.0 Å². The molecule has 0 aliphatic rings. The van der Waals surface area contributed by atoms with E-state index in [0.29, 0.717) is 0 Å². The molecule has 2 aromatic rings. The summed E-state index contributed by atoms with van der Waals surface area (Å²) in [5, 5.41) is 21.2. The Morgan fingerprint density at radius 2 is 1.60 bits per heavy atom. The van der Waals surface area contributed by atoms with E-state index in [2.05, 4.69) is 33.1 Å². The lowest BCUT2D eigenvalue weighted by molar-refractivity contribution is -0.384. The molecule has 55 heavy (non-hydrogen) atoms. The highest BCUT2D eigenvalue weighted by Gasteiger charge is 2.31. The van der Waals surface area contributed by atoms with E-state index in [1.807, 2.05) is 0 Å². The van der Waals surface area contributed by atoms with Gasteiger partial charge in [-0.05, 0) is 63.8 Å². The van der Waals surface area contributed by atoms with Gasteiger partial charge < -0.3 is 46.1 Å². The number of hydrogen-bond donors (Lipinski definition) is 5. The van der Waals surface area contributed by atoms with Gasteiger partial charge in [0.05, 0.1) is 18.0 Å². The summed E-state index contributed by atoms with van der Waals surface area (Å²) in [4.78, 5) is 88.5. The number of nitro benzene ring substituents is 1. The predicted octanol–water partition coefficient (Wildman–Crippen LogP) is 3.44. The molecule has 2 rings (SSSR count). The first-order valence-electron chi connectivity index (χ1n) is 16.9. The van der Waals surface area contributed by atoms with Crippen LogP contribution in [0.15, 0.2) is 42.5 Å². The average Bonchev–Trinajstić information content (AvgIpc) is 3.10. The first-order valence-corrected chi connectivity index (χ1v) is 16.9. The molecule has 0 unspecified atom stereocenters. The van der Waals surface area contributed by atoms with Crippen LogP contribution >= 0.6 is 0 Å². The minimum atomic E-state index is -1.21. The van der Waals surface area contributed by atoms with Crippen LogP contribution in [-0.2, 0) is 25.7 Å². The number of nitrogens with zero attached hydrogens (tertiary/aromatic N) is 2. The number of ether oxygens (including phenoxy) is 3. The van der Waals surface area contributed by atoms with Crippen molar-refractivity contribution in [2.24, 2.45) is 11.7 Å². The highest BCUT2D eigenvalue weighted by atomic mass is 16.7. The van der Waals surface area contributed by atoms with Gasteiger partial charge in [0.25, 0.3) is 11.6 Å². The molecule has 2 aromatic carbocycles. The summed E-state index contributed by atoms with van der Waals surface area (Å²) in [7, 11) is 0. The molecular weight excluding hydrogens is 718 g/mol. The van der Waals surface area contributed by atoms with Gasteiger partial charge in [-0.25, -0.2) is 14.4 Å². The van der Waals surface area contributed by atoms with E-state index in [4.69, 9.17) is 32.8 Å². The SMILES string of the molecule is C#CCN(CC#C)C(=O)c1cc(NC(=O)[C@H](CCCNC(N)=O)NC(=O)[C@@H](NC(=O)OC(C)(C)C)C(C)C)ccc1COC(=O)Oc1ccc([N+](=O)[O-])cc1. The maximum absolute atomic E-state index is 13.7. The molecule has 0 fully saturated rings. The monoisotopic (exact) mass is 763 g/mol. The zero-order chi connectivity index (χ0) is 41.3. The van der Waals surface area contributed by atoms with Gasteiger partial charge in [-0.3, -0.25) is 24.5 Å². The zero-order valence-corrected chi connectivity index (χ0v) is 31.1. The average molecular weight is 764 g/mol. The number of rotatable bonds is 17. The lowest BCUT2D eigenvalue weighted by Crippen LogP contribution is -2.55. The van der Waals surface area contributed by atoms with E-state index in [1.54, 1.807) is 34.6 Å². The van der Waals surface area contributed by atoms with Crippen molar-refractivity contribution in [3.8, 4) is 30.4 Å². The van der Waals surface area contributed by atoms with Crippen LogP contribution in [0, 0.1) is 40.7 Å². The van der Waals surface area contributed by atoms with E-state index >= 15 is 0 Å². The maximum Gasteiger partial charge on any atom is 0.514 e. The maximum atomic E-state index is 13.7. The Morgan fingerprint density at radius 3 is 2.15 bits per heavy atom. The van der Waals surface area contributed by atoms with Crippen LogP contribution in [0.4, 0.5) is 25.8 Å². The van der Waals surface area contributed by atoms with Crippen molar-refractivity contribution in [3.63, 3.8) is 0 Å². The first kappa shape index (κ1) is 44.3. The fourth-order valence-electron chi connectivity index (χ4n) is 4.71. The Balaban J connectivity index is 2.38. The standard InChI is InChI=1S/C37H45N7O11/c1-8-19-43(20-9-2)33(47)28-21-25(13-12-24(28)22-53-36(50)54-27-16-14-26(15-17-27)44(51)52)40-31(45)29(11-10-18-39-34(38)48)41-32(46)30(23(3)4)42-35(49)55-37(5,6)7/h1-2,12-17,21,23,29-30H,10-11,18-20,22H2,3-7H3,(H,40,45)(H,41,46)(H,42,49)(H3,38,39,48)/t29-,30-/m0/s1. The van der Waals surface area contributed by atoms with Crippen molar-refractivity contribution in [1.82, 2.24) is 20.9 Å². The topological polar surface area (TPSA) is 251 Å². The summed E-state index contributed by atoms with van der Waals surface area (Å²) in [5.41, 5.74) is 4.30. The second kappa shape index (κ2) is 21.0. The highest BCUT2D eigenvalue weighted by Crippen LogP contribution is 2.22. The number of urea groups is 1. The molecule has 6 amide bonds. The smallest absolute Gasteiger partial charge is 0.444 e. The van der Waals surface area contributed by atoms with Gasteiger partial charge in [0.2, 0.25) is 11.8 Å². The van der Waals surface area contributed by atoms with Crippen LogP contribution in [0.5, 0.6) is 5.75 Å². The summed E-state index contributed by atoms with van der Waals surface area (Å²) in [6.07, 6.45) is 9.11. The van der Waals surface area contributed by atoms with Crippen LogP contribution in [-0.4, -0.2) is 83.1 Å². The number of alkyl carbamates (subject to hydrolysis) is 1. The number of carbonyl (C=O) groups excluding carboxylic acids is 6. The largest absolute Gasteiger partial charge is 0.514 e. The number of nitrogens with one attached hydrogen (secondary N) is 4. The Bertz CT molecular complexity index is 1790. The van der Waals surface area contributed by atoms with Crippen molar-refractivity contribution in [3.05, 3.63) is 63.7 Å². The molecule has 0 bridgehead atoms. The predicted molar refractivity (Wildman–Crippen MR) is 199 cm³/mol. The summed E-state index contributed by atoms with van der Waals surface area (Å²) < 4.78 is 15.6. The quantitative estimate of drug-likeness (QED) is 0.0390. The number of terminal acetylenes is 2. The minimum absolute atomic E-state index is 0.0157. The number of benzene rings is 2. The molecule has 2 atom stereocenters. The Morgan fingerprint density at radius 1 is 0.964 bits per heavy atom. The number of non-ortho nitro benzene ring substituents is 1. The zero-order valence-electron chi connectivity index (χ0n) is 31.1. The van der Waals surface area contributed by atoms with Gasteiger partial charge in [-0.1, -0.05) is 31.8 Å². The molecule has 18 nitrogen and oxygen atoms in total. The van der Waals surface area contributed by atoms with E-state index in [-0.39, 0.29) is 60.7 Å². The molecule has 0 radical (unpaired) electrons. The summed E-state index contributed by atoms with van der Waals surface area (Å²) in [5.74, 6) is 2.17. The molecule has 0 saturated heterocycles. The Kier molecular flexibility index (Phi) is 16.9. The molecule has 0 heterocycles. The molecule has 0 aliphatic heterocycles. The van der Waals surface area contributed by atoms with Crippen molar-refractivity contribution in [2.45, 2.75) is 71.8 Å². The molecule has 294 valence electrons. The number of hydrogen-bond acceptors (Lipinski definition) is 11. The van der Waals surface area contributed by atoms with E-state index in [9.17, 15) is 38.9 Å². The van der Waals surface area contributed by atoms with Gasteiger partial charge in [0, 0.05) is 35.5 Å². The lowest BCUT2D eigenvalue weighted by atomic mass is 10.0. The van der Waals surface area contributed by atoms with Crippen molar-refractivity contribution in [1.29, 1.82) is 0 Å². The van der Waals surface area contributed by atoms with Crippen LogP contribution < -0.4 is 31.7 Å². The number of carbonyl (C=O) groups is 6. The normalized spacial score (nSPS) is 11.7. The summed E-state index contributed by atoms with van der Waals surface area (Å²) in [6.45, 7) is 7.61. The van der Waals surface area contributed by atoms with Crippen LogP contribution in [0.25, 0.3) is 0 Å². The number of nitro groups is 1. The third-order valence-corrected chi connectivity index (χ3v) is 7.28. The third-order valence-electron chi connectivity index (χ3n) is 7.28. The van der Waals surface area contributed by atoms with Gasteiger partial charge >= 0.3 is 18.3 Å². The summed E-state index contributed by atoms with van der Waals surface area (Å²) >= 11 is 0. The minimum Gasteiger partial charge on any atom is -0.444 e. The number of primary amides is 1. The summed E-state index contributed by atoms with van der Waals surface area (Å²) in [6, 6.07) is 5.70. The van der Waals surface area contributed by atoms with Gasteiger partial charge in [0.15, 0.2) is 0 Å². The number of amides is 6. The molecule has 6 N–H and O–H groups in total. The van der Waals surface area contributed by atoms with Crippen molar-refractivity contribution >= 4 is 47.4 Å². The molecule has 0 aromatic heterocycles. The van der Waals surface area contributed by atoms with E-state index in [1.165, 1.54) is 30.3 Å². The Labute approximate surface area is 318 Å². The second-order valence-electron chi connectivity index (χ2n) is 13.2. The fraction of sp³-hybridized carbons (Fsp3) is 0.405. The molecule has 0 saturated carbocycles. The molecular formula is C37H45N7O11. The van der Waals surface area contributed by atoms with E-state index in [0.717, 1.165) is 17.0 Å². The van der Waals surface area contributed by atoms with Gasteiger partial charge in [-0.2, -0.15) is 0 Å². The fourth-order valence-corrected chi connectivity index (χ4v) is 4.71. The van der Waals surface area contributed by atoms with Crippen molar-refractivity contribution < 1.29 is 47.9 Å². The van der Waals surface area contributed by atoms with Crippen LogP contribution in [0.3, 0.4) is 0 Å². The molecule has 0 aliphatic carbocycles. The van der Waals surface area contributed by atoms with Crippen LogP contribution in [0.2, 0.25) is 0 Å². The van der Waals surface area contributed by atoms with Crippen LogP contribution in [0.1, 0.15) is 63.4 Å². The third kappa shape index (κ3) is 15.4. The first-order chi connectivity index (χ1) is 25.8. The highest BCUT2D eigenvalue weighted by molar-refractivity contribution is 6.01.